The van der Waals surface area contributed by atoms with E-state index in [0.29, 0.717) is 37.6 Å². The monoisotopic (exact) mass is 489 g/mol. The molecule has 0 radical (unpaired) electrons. The van der Waals surface area contributed by atoms with Crippen molar-refractivity contribution in [1.82, 2.24) is 14.1 Å². The van der Waals surface area contributed by atoms with Crippen LogP contribution in [0.5, 0.6) is 11.5 Å². The first-order chi connectivity index (χ1) is 16.4. The minimum absolute atomic E-state index is 0.0409. The van der Waals surface area contributed by atoms with Gasteiger partial charge >= 0.3 is 0 Å². The molecule has 0 saturated carbocycles. The topological polar surface area (TPSA) is 114 Å². The Labute approximate surface area is 198 Å². The van der Waals surface area contributed by atoms with Crippen molar-refractivity contribution in [1.29, 1.82) is 0 Å². The first kappa shape index (κ1) is 22.9. The van der Waals surface area contributed by atoms with Gasteiger partial charge < -0.3 is 14.4 Å². The van der Waals surface area contributed by atoms with Crippen molar-refractivity contribution in [3.8, 4) is 11.5 Å². The van der Waals surface area contributed by atoms with Gasteiger partial charge in [-0.15, -0.1) is 0 Å². The zero-order chi connectivity index (χ0) is 23.9. The van der Waals surface area contributed by atoms with Crippen LogP contribution in [0.15, 0.2) is 35.2 Å². The lowest BCUT2D eigenvalue weighted by atomic mass is 9.85. The Hall–Kier alpha value is -2.92. The van der Waals surface area contributed by atoms with Crippen LogP contribution in [0.1, 0.15) is 19.3 Å². The van der Waals surface area contributed by atoms with E-state index in [1.165, 1.54) is 21.3 Å². The summed E-state index contributed by atoms with van der Waals surface area (Å²) in [6.45, 7) is 1.69. The van der Waals surface area contributed by atoms with Crippen LogP contribution < -0.4 is 9.47 Å². The lowest BCUT2D eigenvalue weighted by Crippen LogP contribution is -2.51. The van der Waals surface area contributed by atoms with Crippen LogP contribution in [0.2, 0.25) is 0 Å². The molecule has 0 N–H and O–H groups in total. The number of benzene rings is 1. The third kappa shape index (κ3) is 4.07. The Balaban J connectivity index is 1.16. The van der Waals surface area contributed by atoms with Gasteiger partial charge in [-0.3, -0.25) is 19.3 Å². The van der Waals surface area contributed by atoms with Crippen molar-refractivity contribution in [3.05, 3.63) is 30.4 Å². The van der Waals surface area contributed by atoms with Crippen molar-refractivity contribution in [3.63, 3.8) is 0 Å². The molecular weight excluding hydrogens is 462 g/mol. The maximum Gasteiger partial charge on any atom is 0.243 e. The number of hydrogen-bond donors (Lipinski definition) is 0. The van der Waals surface area contributed by atoms with Crippen molar-refractivity contribution in [2.24, 2.45) is 11.8 Å². The maximum atomic E-state index is 13.1. The summed E-state index contributed by atoms with van der Waals surface area (Å²) in [5.74, 6) is -0.257. The average Bonchev–Trinajstić information content (AvgIpc) is 3.11. The highest BCUT2D eigenvalue weighted by molar-refractivity contribution is 7.89. The van der Waals surface area contributed by atoms with Gasteiger partial charge in [-0.1, -0.05) is 12.2 Å². The van der Waals surface area contributed by atoms with Gasteiger partial charge in [-0.05, 0) is 25.0 Å². The highest BCUT2D eigenvalue weighted by Crippen LogP contribution is 2.35. The summed E-state index contributed by atoms with van der Waals surface area (Å²) in [4.78, 5) is 40.8. The van der Waals surface area contributed by atoms with Crippen LogP contribution >= 0.6 is 0 Å². The van der Waals surface area contributed by atoms with Crippen LogP contribution in [0.4, 0.5) is 0 Å². The van der Waals surface area contributed by atoms with Gasteiger partial charge in [0.25, 0.3) is 0 Å². The standard InChI is InChI=1S/C23H27N3O7S/c27-21(7-8-26-22(28)17-3-1-2-4-18(17)23(26)29)24-9-11-25(12-10-24)34(30,31)16-5-6-19-20(15-16)33-14-13-32-19/h1-2,5-6,15,17-18H,3-4,7-14H2/t17-,18-/m0/s1. The number of amides is 3. The molecule has 0 spiro atoms. The largest absolute Gasteiger partial charge is 0.486 e. The zero-order valence-electron chi connectivity index (χ0n) is 18.7. The molecule has 0 bridgehead atoms. The minimum atomic E-state index is -3.74. The molecule has 3 aliphatic heterocycles. The number of likely N-dealkylation sites (tertiary alicyclic amines) is 1. The molecule has 2 atom stereocenters. The number of carbonyl (C=O) groups is 3. The lowest BCUT2D eigenvalue weighted by molar-refractivity contribution is -0.141. The van der Waals surface area contributed by atoms with E-state index in [-0.39, 0.29) is 73.6 Å². The molecule has 11 heteroatoms. The van der Waals surface area contributed by atoms with Crippen molar-refractivity contribution in [2.75, 3.05) is 45.9 Å². The summed E-state index contributed by atoms with van der Waals surface area (Å²) in [5, 5.41) is 0. The Bertz CT molecular complexity index is 1120. The average molecular weight is 490 g/mol. The van der Waals surface area contributed by atoms with Crippen LogP contribution in [-0.2, 0) is 24.4 Å². The molecule has 1 aliphatic carbocycles. The molecular formula is C23H27N3O7S. The second-order valence-electron chi connectivity index (χ2n) is 8.82. The quantitative estimate of drug-likeness (QED) is 0.440. The summed E-state index contributed by atoms with van der Waals surface area (Å²) >= 11 is 0. The molecule has 1 aromatic rings. The van der Waals surface area contributed by atoms with E-state index in [1.54, 1.807) is 11.0 Å². The number of allylic oxidation sites excluding steroid dienone is 2. The molecule has 1 aromatic carbocycles. The van der Waals surface area contributed by atoms with Gasteiger partial charge in [0.2, 0.25) is 27.7 Å². The van der Waals surface area contributed by atoms with Crippen molar-refractivity contribution in [2.45, 2.75) is 24.2 Å². The van der Waals surface area contributed by atoms with Gasteiger partial charge in [0.15, 0.2) is 11.5 Å². The molecule has 2 saturated heterocycles. The highest BCUT2D eigenvalue weighted by Gasteiger charge is 2.47. The molecule has 2 fully saturated rings. The number of rotatable bonds is 5. The first-order valence-corrected chi connectivity index (χ1v) is 13.0. The molecule has 4 aliphatic rings. The SMILES string of the molecule is O=C(CCN1C(=O)[C@H]2CC=CC[C@@H]2C1=O)N1CCN(S(=O)(=O)c2ccc3c(c2)OCCO3)CC1. The first-order valence-electron chi connectivity index (χ1n) is 11.5. The second kappa shape index (κ2) is 9.03. The Morgan fingerprint density at radius 2 is 1.53 bits per heavy atom. The number of nitrogens with zero attached hydrogens (tertiary/aromatic N) is 3. The van der Waals surface area contributed by atoms with Crippen LogP contribution in [0, 0.1) is 11.8 Å². The third-order valence-corrected chi connectivity index (χ3v) is 8.79. The number of sulfonamides is 1. The smallest absolute Gasteiger partial charge is 0.243 e. The Morgan fingerprint density at radius 1 is 0.912 bits per heavy atom. The fraction of sp³-hybridized carbons (Fsp3) is 0.522. The highest BCUT2D eigenvalue weighted by atomic mass is 32.2. The molecule has 5 rings (SSSR count). The summed E-state index contributed by atoms with van der Waals surface area (Å²) in [7, 11) is -3.74. The molecule has 34 heavy (non-hydrogen) atoms. The van der Waals surface area contributed by atoms with Crippen LogP contribution in [0.3, 0.4) is 0 Å². The van der Waals surface area contributed by atoms with E-state index in [2.05, 4.69) is 0 Å². The molecule has 10 nitrogen and oxygen atoms in total. The number of fused-ring (bicyclic) bond motifs is 2. The molecule has 182 valence electrons. The second-order valence-corrected chi connectivity index (χ2v) is 10.8. The third-order valence-electron chi connectivity index (χ3n) is 6.89. The van der Waals surface area contributed by atoms with Crippen LogP contribution in [0.25, 0.3) is 0 Å². The Morgan fingerprint density at radius 3 is 2.18 bits per heavy atom. The lowest BCUT2D eigenvalue weighted by Gasteiger charge is -2.34. The van der Waals surface area contributed by atoms with E-state index in [4.69, 9.17) is 9.47 Å². The van der Waals surface area contributed by atoms with Crippen molar-refractivity contribution < 1.29 is 32.3 Å². The minimum Gasteiger partial charge on any atom is -0.486 e. The maximum absolute atomic E-state index is 13.1. The van der Waals surface area contributed by atoms with Crippen molar-refractivity contribution >= 4 is 27.7 Å². The zero-order valence-corrected chi connectivity index (χ0v) is 19.5. The summed E-state index contributed by atoms with van der Waals surface area (Å²) < 4.78 is 38.5. The van der Waals surface area contributed by atoms with E-state index in [1.807, 2.05) is 12.2 Å². The molecule has 3 amide bonds. The molecule has 0 unspecified atom stereocenters. The number of piperazine rings is 1. The molecule has 3 heterocycles. The van der Waals surface area contributed by atoms with E-state index in [0.717, 1.165) is 0 Å². The van der Waals surface area contributed by atoms with E-state index >= 15 is 0 Å². The van der Waals surface area contributed by atoms with Gasteiger partial charge in [0, 0.05) is 45.2 Å². The summed E-state index contributed by atoms with van der Waals surface area (Å²) in [6.07, 6.45) is 5.04. The normalized spacial score (nSPS) is 24.9. The van der Waals surface area contributed by atoms with Gasteiger partial charge in [0.1, 0.15) is 13.2 Å². The fourth-order valence-electron chi connectivity index (χ4n) is 4.97. The van der Waals surface area contributed by atoms with Gasteiger partial charge in [-0.2, -0.15) is 4.31 Å². The number of carbonyl (C=O) groups excluding carboxylic acids is 3. The Kier molecular flexibility index (Phi) is 6.07. The van der Waals surface area contributed by atoms with Gasteiger partial charge in [-0.25, -0.2) is 8.42 Å². The van der Waals surface area contributed by atoms with Gasteiger partial charge in [0.05, 0.1) is 16.7 Å². The van der Waals surface area contributed by atoms with E-state index in [9.17, 15) is 22.8 Å². The summed E-state index contributed by atoms with van der Waals surface area (Å²) in [6, 6.07) is 4.56. The summed E-state index contributed by atoms with van der Waals surface area (Å²) in [5.41, 5.74) is 0. The predicted octanol–water partition coefficient (Wildman–Crippen LogP) is 0.632. The number of ether oxygens (including phenoxy) is 2. The van der Waals surface area contributed by atoms with Crippen LogP contribution in [-0.4, -0.2) is 86.2 Å². The fourth-order valence-corrected chi connectivity index (χ4v) is 6.40. The molecule has 0 aromatic heterocycles. The number of imide groups is 1. The predicted molar refractivity (Wildman–Crippen MR) is 119 cm³/mol. The number of hydrogen-bond acceptors (Lipinski definition) is 7. The van der Waals surface area contributed by atoms with E-state index < -0.39 is 10.0 Å².